The summed E-state index contributed by atoms with van der Waals surface area (Å²) < 4.78 is 0. The van der Waals surface area contributed by atoms with Crippen molar-refractivity contribution in [3.8, 4) is 0 Å². The van der Waals surface area contributed by atoms with Gasteiger partial charge >= 0.3 is 0 Å². The van der Waals surface area contributed by atoms with Gasteiger partial charge in [0.05, 0.1) is 0 Å². The predicted octanol–water partition coefficient (Wildman–Crippen LogP) is 2.42. The number of carbonyl (C=O) groups is 2. The first-order chi connectivity index (χ1) is 12.2. The molecule has 1 aromatic carbocycles. The Labute approximate surface area is 167 Å². The van der Waals surface area contributed by atoms with Gasteiger partial charge in [-0.25, -0.2) is 0 Å². The van der Waals surface area contributed by atoms with Crippen LogP contribution in [0.4, 0.5) is 0 Å². The number of rotatable bonds is 8. The van der Waals surface area contributed by atoms with Crippen LogP contribution in [0, 0.1) is 5.92 Å². The van der Waals surface area contributed by atoms with Gasteiger partial charge in [0.15, 0.2) is 0 Å². The van der Waals surface area contributed by atoms with Crippen LogP contribution < -0.4 is 10.6 Å². The number of hydrogen-bond acceptors (Lipinski definition) is 4. The van der Waals surface area contributed by atoms with Crippen LogP contribution in [-0.2, 0) is 4.79 Å². The third kappa shape index (κ3) is 6.82. The first-order valence-electron chi connectivity index (χ1n) is 8.94. The molecule has 1 aliphatic rings. The van der Waals surface area contributed by atoms with Gasteiger partial charge in [-0.3, -0.25) is 9.59 Å². The highest BCUT2D eigenvalue weighted by Gasteiger charge is 2.29. The fraction of sp³-hybridized carbons (Fsp3) is 0.579. The topological polar surface area (TPSA) is 61.4 Å². The minimum Gasteiger partial charge on any atom is -0.341 e. The molecule has 0 spiro atoms. The van der Waals surface area contributed by atoms with E-state index in [4.69, 9.17) is 0 Å². The number of halogens is 1. The van der Waals surface area contributed by atoms with Crippen LogP contribution in [0.15, 0.2) is 30.3 Å². The predicted molar refractivity (Wildman–Crippen MR) is 111 cm³/mol. The molecule has 0 radical (unpaired) electrons. The zero-order chi connectivity index (χ0) is 18.1. The second-order valence-electron chi connectivity index (χ2n) is 6.50. The first kappa shape index (κ1) is 22.8. The number of nitrogens with zero attached hydrogens (tertiary/aromatic N) is 1. The molecule has 0 aliphatic carbocycles. The van der Waals surface area contributed by atoms with Crippen LogP contribution in [0.5, 0.6) is 0 Å². The molecular formula is C19H30ClN3O2S. The van der Waals surface area contributed by atoms with E-state index in [0.29, 0.717) is 17.9 Å². The molecule has 1 fully saturated rings. The molecule has 1 unspecified atom stereocenters. The number of likely N-dealkylation sites (tertiary alicyclic amines) is 1. The minimum atomic E-state index is -0.444. The van der Waals surface area contributed by atoms with Crippen molar-refractivity contribution in [2.24, 2.45) is 5.92 Å². The molecule has 1 saturated heterocycles. The highest BCUT2D eigenvalue weighted by Crippen LogP contribution is 2.18. The van der Waals surface area contributed by atoms with Crippen LogP contribution in [0.2, 0.25) is 0 Å². The van der Waals surface area contributed by atoms with Crippen molar-refractivity contribution in [2.75, 3.05) is 38.7 Å². The Kier molecular flexibility index (Phi) is 10.7. The zero-order valence-corrected chi connectivity index (χ0v) is 17.2. The minimum absolute atomic E-state index is 0. The number of carbonyl (C=O) groups excluding carboxylic acids is 2. The Morgan fingerprint density at radius 2 is 1.88 bits per heavy atom. The number of thioether (sulfide) groups is 1. The lowest BCUT2D eigenvalue weighted by molar-refractivity contribution is -0.134. The second kappa shape index (κ2) is 12.2. The molecule has 146 valence electrons. The van der Waals surface area contributed by atoms with Crippen LogP contribution in [0.25, 0.3) is 0 Å². The van der Waals surface area contributed by atoms with Gasteiger partial charge in [0.2, 0.25) is 5.91 Å². The summed E-state index contributed by atoms with van der Waals surface area (Å²) in [6.45, 7) is 2.56. The van der Waals surface area contributed by atoms with Gasteiger partial charge in [0, 0.05) is 18.7 Å². The number of piperidine rings is 1. The van der Waals surface area contributed by atoms with E-state index < -0.39 is 6.04 Å². The molecule has 2 amide bonds. The van der Waals surface area contributed by atoms with E-state index in [0.717, 1.165) is 38.2 Å². The Bertz CT molecular complexity index is 551. The second-order valence-corrected chi connectivity index (χ2v) is 7.49. The van der Waals surface area contributed by atoms with Crippen molar-refractivity contribution in [2.45, 2.75) is 25.3 Å². The molecule has 1 atom stereocenters. The molecular weight excluding hydrogens is 370 g/mol. The molecule has 7 heteroatoms. The summed E-state index contributed by atoms with van der Waals surface area (Å²) in [7, 11) is 1.97. The summed E-state index contributed by atoms with van der Waals surface area (Å²) in [4.78, 5) is 27.3. The fourth-order valence-electron chi connectivity index (χ4n) is 3.19. The summed E-state index contributed by atoms with van der Waals surface area (Å²) >= 11 is 1.69. The number of hydrogen-bond donors (Lipinski definition) is 2. The molecule has 0 bridgehead atoms. The maximum absolute atomic E-state index is 12.9. The lowest BCUT2D eigenvalue weighted by Gasteiger charge is -2.34. The molecule has 1 aliphatic heterocycles. The van der Waals surface area contributed by atoms with Crippen molar-refractivity contribution in [1.29, 1.82) is 0 Å². The SMILES string of the molecule is CNCC1CCN(C(=O)C(CCSC)NC(=O)c2ccccc2)CC1.Cl. The molecule has 0 saturated carbocycles. The Hall–Kier alpha value is -1.24. The van der Waals surface area contributed by atoms with E-state index in [1.807, 2.05) is 36.4 Å². The number of nitrogens with one attached hydrogen (secondary N) is 2. The number of benzene rings is 1. The van der Waals surface area contributed by atoms with E-state index in [-0.39, 0.29) is 24.2 Å². The van der Waals surface area contributed by atoms with Gasteiger partial charge in [-0.2, -0.15) is 11.8 Å². The van der Waals surface area contributed by atoms with Crippen LogP contribution >= 0.6 is 24.2 Å². The largest absolute Gasteiger partial charge is 0.341 e. The van der Waals surface area contributed by atoms with Crippen LogP contribution in [-0.4, -0.2) is 61.4 Å². The third-order valence-corrected chi connectivity index (χ3v) is 5.31. The molecule has 1 heterocycles. The van der Waals surface area contributed by atoms with E-state index in [9.17, 15) is 9.59 Å². The van der Waals surface area contributed by atoms with E-state index in [1.165, 1.54) is 0 Å². The van der Waals surface area contributed by atoms with Crippen molar-refractivity contribution in [3.63, 3.8) is 0 Å². The van der Waals surface area contributed by atoms with E-state index in [1.54, 1.807) is 23.9 Å². The summed E-state index contributed by atoms with van der Waals surface area (Å²) in [5.74, 6) is 1.37. The Morgan fingerprint density at radius 1 is 1.23 bits per heavy atom. The van der Waals surface area contributed by atoms with Crippen molar-refractivity contribution in [3.05, 3.63) is 35.9 Å². The van der Waals surface area contributed by atoms with Crippen molar-refractivity contribution < 1.29 is 9.59 Å². The quantitative estimate of drug-likeness (QED) is 0.704. The average molecular weight is 400 g/mol. The smallest absolute Gasteiger partial charge is 0.251 e. The molecule has 1 aromatic rings. The lowest BCUT2D eigenvalue weighted by Crippen LogP contribution is -2.51. The molecule has 0 aromatic heterocycles. The number of amides is 2. The molecule has 26 heavy (non-hydrogen) atoms. The Morgan fingerprint density at radius 3 is 2.46 bits per heavy atom. The van der Waals surface area contributed by atoms with E-state index in [2.05, 4.69) is 10.6 Å². The first-order valence-corrected chi connectivity index (χ1v) is 10.3. The van der Waals surface area contributed by atoms with Gasteiger partial charge in [-0.1, -0.05) is 18.2 Å². The standard InChI is InChI=1S/C19H29N3O2S.ClH/c1-20-14-15-8-11-22(12-9-15)19(24)17(10-13-25-2)21-18(23)16-6-4-3-5-7-16;/h3-7,15,17,20H,8-14H2,1-2H3,(H,21,23);1H. The molecule has 5 nitrogen and oxygen atoms in total. The van der Waals surface area contributed by atoms with E-state index >= 15 is 0 Å². The Balaban J connectivity index is 0.00000338. The summed E-state index contributed by atoms with van der Waals surface area (Å²) in [6, 6.07) is 8.65. The van der Waals surface area contributed by atoms with Gasteiger partial charge in [-0.05, 0) is 62.9 Å². The third-order valence-electron chi connectivity index (χ3n) is 4.67. The summed E-state index contributed by atoms with van der Waals surface area (Å²) in [5.41, 5.74) is 0.595. The van der Waals surface area contributed by atoms with Gasteiger partial charge in [0.25, 0.3) is 5.91 Å². The van der Waals surface area contributed by atoms with Gasteiger partial charge < -0.3 is 15.5 Å². The summed E-state index contributed by atoms with van der Waals surface area (Å²) in [5, 5.41) is 6.16. The van der Waals surface area contributed by atoms with Crippen LogP contribution in [0.1, 0.15) is 29.6 Å². The fourth-order valence-corrected chi connectivity index (χ4v) is 3.66. The zero-order valence-electron chi connectivity index (χ0n) is 15.6. The molecule has 2 rings (SSSR count). The van der Waals surface area contributed by atoms with Gasteiger partial charge in [-0.15, -0.1) is 12.4 Å². The average Bonchev–Trinajstić information content (AvgIpc) is 2.66. The monoisotopic (exact) mass is 399 g/mol. The highest BCUT2D eigenvalue weighted by molar-refractivity contribution is 7.98. The van der Waals surface area contributed by atoms with Gasteiger partial charge in [0.1, 0.15) is 6.04 Å². The molecule has 2 N–H and O–H groups in total. The maximum Gasteiger partial charge on any atom is 0.251 e. The lowest BCUT2D eigenvalue weighted by atomic mass is 9.96. The normalized spacial score (nSPS) is 15.8. The van der Waals surface area contributed by atoms with Crippen molar-refractivity contribution in [1.82, 2.24) is 15.5 Å². The highest BCUT2D eigenvalue weighted by atomic mass is 35.5. The van der Waals surface area contributed by atoms with Crippen molar-refractivity contribution >= 4 is 36.0 Å². The summed E-state index contributed by atoms with van der Waals surface area (Å²) in [6.07, 6.45) is 4.72. The van der Waals surface area contributed by atoms with Crippen LogP contribution in [0.3, 0.4) is 0 Å². The maximum atomic E-state index is 12.9.